The fourth-order valence-corrected chi connectivity index (χ4v) is 6.55. The summed E-state index contributed by atoms with van der Waals surface area (Å²) in [5.41, 5.74) is 3.44. The molecule has 0 aromatic carbocycles. The molecule has 4 atom stereocenters. The highest BCUT2D eigenvalue weighted by Gasteiger charge is 2.58. The van der Waals surface area contributed by atoms with Gasteiger partial charge in [-0.05, 0) is 77.9 Å². The molecular weight excluding hydrogens is 544 g/mol. The highest BCUT2D eigenvalue weighted by molar-refractivity contribution is 5.38. The maximum Gasteiger partial charge on any atom is 0.117 e. The van der Waals surface area contributed by atoms with Crippen LogP contribution in [0.3, 0.4) is 0 Å². The van der Waals surface area contributed by atoms with Crippen molar-refractivity contribution in [3.8, 4) is 0 Å². The van der Waals surface area contributed by atoms with Crippen LogP contribution < -0.4 is 0 Å². The minimum Gasteiger partial charge on any atom is -0.393 e. The number of aliphatic hydroxyl groups is 4. The Kier molecular flexibility index (Phi) is 13.2. The predicted molar refractivity (Wildman–Crippen MR) is 187 cm³/mol. The Morgan fingerprint density at radius 2 is 1.11 bits per heavy atom. The maximum atomic E-state index is 11.4. The third-order valence-corrected chi connectivity index (χ3v) is 9.07. The van der Waals surface area contributed by atoms with Crippen molar-refractivity contribution in [2.24, 2.45) is 10.8 Å². The van der Waals surface area contributed by atoms with Gasteiger partial charge in [0.1, 0.15) is 5.60 Å². The van der Waals surface area contributed by atoms with Crippen molar-refractivity contribution in [3.63, 3.8) is 0 Å². The summed E-state index contributed by atoms with van der Waals surface area (Å²) in [5.74, 6) is 0. The standard InChI is InChI=1S/C40H58O4/c1-29(17-13-19-31(3)21-22-36-33(5)25-34(41)26-37(36,6)7)15-11-12-16-30(2)18-14-20-32(4)23-24-40(44)38(8,9)27-35(42)28-39(40,10)43/h11-24,34-35,41-44H,25-28H2,1-10H3/b12-11+,17-13+,18-14+,22-21+,24-23+,29-15+,30-16-,31-19-,32-20+/t34-,35+,39+,40+/m1/s1. The summed E-state index contributed by atoms with van der Waals surface area (Å²) >= 11 is 0. The highest BCUT2D eigenvalue weighted by Crippen LogP contribution is 2.50. The van der Waals surface area contributed by atoms with E-state index < -0.39 is 22.7 Å². The number of rotatable bonds is 10. The van der Waals surface area contributed by atoms with Crippen LogP contribution in [0.15, 0.2) is 119 Å². The van der Waals surface area contributed by atoms with E-state index in [1.807, 2.05) is 64.2 Å². The van der Waals surface area contributed by atoms with Gasteiger partial charge in [-0.15, -0.1) is 0 Å². The molecule has 4 nitrogen and oxygen atoms in total. The lowest BCUT2D eigenvalue weighted by Gasteiger charge is -2.54. The quantitative estimate of drug-likeness (QED) is 0.189. The fraction of sp³-hybridized carbons (Fsp3) is 0.500. The van der Waals surface area contributed by atoms with Crippen molar-refractivity contribution in [2.75, 3.05) is 0 Å². The van der Waals surface area contributed by atoms with Crippen molar-refractivity contribution in [1.82, 2.24) is 0 Å². The molecule has 0 heterocycles. The average molecular weight is 603 g/mol. The first-order chi connectivity index (χ1) is 20.3. The first-order valence-corrected chi connectivity index (χ1v) is 15.9. The summed E-state index contributed by atoms with van der Waals surface area (Å²) in [6.07, 6.45) is 29.6. The highest BCUT2D eigenvalue weighted by atomic mass is 16.4. The Morgan fingerprint density at radius 1 is 0.636 bits per heavy atom. The first kappa shape index (κ1) is 37.4. The van der Waals surface area contributed by atoms with Crippen molar-refractivity contribution in [2.45, 2.75) is 118 Å². The lowest BCUT2D eigenvalue weighted by molar-refractivity contribution is -0.216. The third-order valence-electron chi connectivity index (χ3n) is 9.07. The van der Waals surface area contributed by atoms with Crippen LogP contribution in [0, 0.1) is 10.8 Å². The largest absolute Gasteiger partial charge is 0.393 e. The molecule has 1 fully saturated rings. The van der Waals surface area contributed by atoms with Crippen LogP contribution in [-0.2, 0) is 0 Å². The molecule has 0 aromatic rings. The van der Waals surface area contributed by atoms with E-state index in [4.69, 9.17) is 0 Å². The zero-order chi connectivity index (χ0) is 33.3. The molecule has 2 rings (SSSR count). The predicted octanol–water partition coefficient (Wildman–Crippen LogP) is 8.71. The molecule has 1 saturated carbocycles. The van der Waals surface area contributed by atoms with E-state index in [0.29, 0.717) is 6.42 Å². The van der Waals surface area contributed by atoms with Crippen LogP contribution in [0.4, 0.5) is 0 Å². The van der Waals surface area contributed by atoms with Gasteiger partial charge in [0.2, 0.25) is 0 Å². The molecule has 0 aliphatic heterocycles. The average Bonchev–Trinajstić information content (AvgIpc) is 2.87. The van der Waals surface area contributed by atoms with Gasteiger partial charge < -0.3 is 20.4 Å². The Bertz CT molecular complexity index is 1300. The molecule has 0 saturated heterocycles. The van der Waals surface area contributed by atoms with Gasteiger partial charge >= 0.3 is 0 Å². The van der Waals surface area contributed by atoms with Crippen LogP contribution >= 0.6 is 0 Å². The van der Waals surface area contributed by atoms with Crippen LogP contribution in [0.1, 0.15) is 94.9 Å². The lowest BCUT2D eigenvalue weighted by Crippen LogP contribution is -2.65. The minimum atomic E-state index is -1.44. The smallest absolute Gasteiger partial charge is 0.117 e. The van der Waals surface area contributed by atoms with Gasteiger partial charge in [0.25, 0.3) is 0 Å². The summed E-state index contributed by atoms with van der Waals surface area (Å²) < 4.78 is 0. The summed E-state index contributed by atoms with van der Waals surface area (Å²) in [7, 11) is 0. The van der Waals surface area contributed by atoms with E-state index in [0.717, 1.165) is 29.6 Å². The molecule has 0 amide bonds. The fourth-order valence-electron chi connectivity index (χ4n) is 6.55. The molecule has 0 radical (unpaired) electrons. The van der Waals surface area contributed by atoms with Gasteiger partial charge in [-0.1, -0.05) is 135 Å². The number of allylic oxidation sites excluding steroid dienone is 18. The minimum absolute atomic E-state index is 0.0115. The number of hydrogen-bond donors (Lipinski definition) is 4. The Balaban J connectivity index is 1.94. The second-order valence-electron chi connectivity index (χ2n) is 14.5. The summed E-state index contributed by atoms with van der Waals surface area (Å²) in [5, 5.41) is 42.6. The Morgan fingerprint density at radius 3 is 1.61 bits per heavy atom. The van der Waals surface area contributed by atoms with Gasteiger partial charge in [-0.25, -0.2) is 0 Å². The van der Waals surface area contributed by atoms with Crippen LogP contribution in [0.2, 0.25) is 0 Å². The van der Waals surface area contributed by atoms with E-state index in [-0.39, 0.29) is 17.9 Å². The van der Waals surface area contributed by atoms with Crippen molar-refractivity contribution in [1.29, 1.82) is 0 Å². The Labute approximate surface area is 267 Å². The number of hydrogen-bond acceptors (Lipinski definition) is 4. The third kappa shape index (κ3) is 10.4. The van der Waals surface area contributed by atoms with E-state index in [2.05, 4.69) is 77.2 Å². The van der Waals surface area contributed by atoms with E-state index >= 15 is 0 Å². The molecule has 2 aliphatic carbocycles. The summed E-state index contributed by atoms with van der Waals surface area (Å²) in [4.78, 5) is 0. The van der Waals surface area contributed by atoms with Crippen molar-refractivity contribution < 1.29 is 20.4 Å². The van der Waals surface area contributed by atoms with Gasteiger partial charge in [-0.3, -0.25) is 0 Å². The molecule has 2 aliphatic rings. The monoisotopic (exact) mass is 602 g/mol. The van der Waals surface area contributed by atoms with Gasteiger partial charge in [0.05, 0.1) is 17.8 Å². The molecular formula is C40H58O4. The summed E-state index contributed by atoms with van der Waals surface area (Å²) in [6, 6.07) is 0. The molecule has 4 N–H and O–H groups in total. The zero-order valence-corrected chi connectivity index (χ0v) is 28.9. The van der Waals surface area contributed by atoms with Crippen molar-refractivity contribution >= 4 is 0 Å². The normalized spacial score (nSPS) is 31.1. The summed E-state index contributed by atoms with van der Waals surface area (Å²) in [6.45, 7) is 20.1. The van der Waals surface area contributed by atoms with Crippen LogP contribution in [0.25, 0.3) is 0 Å². The molecule has 0 aromatic heterocycles. The lowest BCUT2D eigenvalue weighted by atomic mass is 9.57. The molecule has 0 spiro atoms. The second-order valence-corrected chi connectivity index (χ2v) is 14.5. The molecule has 4 heteroatoms. The molecule has 242 valence electrons. The van der Waals surface area contributed by atoms with E-state index in [1.165, 1.54) is 16.7 Å². The number of aliphatic hydroxyl groups excluding tert-OH is 2. The zero-order valence-electron chi connectivity index (χ0n) is 28.9. The maximum absolute atomic E-state index is 11.4. The van der Waals surface area contributed by atoms with Crippen LogP contribution in [-0.4, -0.2) is 43.8 Å². The van der Waals surface area contributed by atoms with E-state index in [1.54, 1.807) is 13.0 Å². The molecule has 44 heavy (non-hydrogen) atoms. The van der Waals surface area contributed by atoms with E-state index in [9.17, 15) is 20.4 Å². The Hall–Kier alpha value is -2.76. The molecule has 0 bridgehead atoms. The van der Waals surface area contributed by atoms with Gasteiger partial charge in [0.15, 0.2) is 0 Å². The second kappa shape index (κ2) is 15.5. The van der Waals surface area contributed by atoms with Crippen molar-refractivity contribution in [3.05, 3.63) is 119 Å². The van der Waals surface area contributed by atoms with Crippen LogP contribution in [0.5, 0.6) is 0 Å². The SMILES string of the molecule is CC1=C(/C=C/C(C)=C\C=C\C(C)=C\C=C\C=C(C)/C=C/C=C(C)/C=C/[C@]2(O)C(C)(C)C[C@H](O)C[C@]2(C)O)C(C)(C)C[C@H](O)C1. The van der Waals surface area contributed by atoms with Gasteiger partial charge in [-0.2, -0.15) is 0 Å². The van der Waals surface area contributed by atoms with Gasteiger partial charge in [0, 0.05) is 11.8 Å². The first-order valence-electron chi connectivity index (χ1n) is 15.9. The molecule has 0 unspecified atom stereocenters. The topological polar surface area (TPSA) is 80.9 Å².